The molecule has 1 aliphatic rings. The molecule has 0 atom stereocenters. The van der Waals surface area contributed by atoms with E-state index in [2.05, 4.69) is 81.4 Å². The zero-order chi connectivity index (χ0) is 26.6. The van der Waals surface area contributed by atoms with E-state index in [1.54, 1.807) is 0 Å². The predicted molar refractivity (Wildman–Crippen MR) is 148 cm³/mol. The molecule has 7 heteroatoms. The molecule has 0 N–H and O–H groups in total. The maximum absolute atomic E-state index is 13.0. The van der Waals surface area contributed by atoms with Crippen LogP contribution in [0.15, 0.2) is 46.4 Å². The zero-order valence-electron chi connectivity index (χ0n) is 22.6. The number of nitrogens with zero attached hydrogens (tertiary/aromatic N) is 2. The van der Waals surface area contributed by atoms with Crippen molar-refractivity contribution in [3.63, 3.8) is 0 Å². The molecule has 1 aromatic carbocycles. The third-order valence-corrected chi connectivity index (χ3v) is 17.5. The van der Waals surface area contributed by atoms with Crippen molar-refractivity contribution >= 4 is 41.1 Å². The lowest BCUT2D eigenvalue weighted by molar-refractivity contribution is -0.137. The van der Waals surface area contributed by atoms with Gasteiger partial charge in [0.05, 0.1) is 17.0 Å². The Kier molecular flexibility index (Phi) is 7.39. The van der Waals surface area contributed by atoms with E-state index in [4.69, 9.17) is 9.98 Å². The van der Waals surface area contributed by atoms with Crippen LogP contribution in [0.25, 0.3) is 0 Å². The molecule has 1 aromatic heterocycles. The number of amidine groups is 1. The van der Waals surface area contributed by atoms with E-state index >= 15 is 0 Å². The van der Waals surface area contributed by atoms with Crippen LogP contribution < -0.4 is 4.50 Å². The topological polar surface area (TPSA) is 24.7 Å². The number of hydrogen-bond acceptors (Lipinski definition) is 2. The molecule has 2 aromatic rings. The van der Waals surface area contributed by atoms with Crippen molar-refractivity contribution in [3.05, 3.63) is 46.8 Å². The lowest BCUT2D eigenvalue weighted by Gasteiger charge is -2.42. The highest BCUT2D eigenvalue weighted by Gasteiger charge is 2.51. The first kappa shape index (κ1) is 27.8. The summed E-state index contributed by atoms with van der Waals surface area (Å²) >= 11 is 1.89. The Balaban J connectivity index is 2.08. The van der Waals surface area contributed by atoms with Gasteiger partial charge in [-0.2, -0.15) is 13.2 Å². The van der Waals surface area contributed by atoms with E-state index in [-0.39, 0.29) is 10.8 Å². The van der Waals surface area contributed by atoms with Crippen molar-refractivity contribution in [3.8, 4) is 0 Å². The molecule has 0 unspecified atom stereocenters. The number of benzene rings is 1. The molecule has 0 radical (unpaired) electrons. The maximum atomic E-state index is 13.0. The quantitative estimate of drug-likeness (QED) is 0.339. The van der Waals surface area contributed by atoms with Gasteiger partial charge in [0, 0.05) is 15.7 Å². The summed E-state index contributed by atoms with van der Waals surface area (Å²) in [5, 5.41) is 0. The number of thiophene rings is 1. The van der Waals surface area contributed by atoms with Gasteiger partial charge in [0.15, 0.2) is 0 Å². The molecule has 35 heavy (non-hydrogen) atoms. The second kappa shape index (κ2) is 9.29. The molecule has 0 saturated carbocycles. The van der Waals surface area contributed by atoms with E-state index in [1.807, 2.05) is 11.3 Å². The fourth-order valence-electron chi connectivity index (χ4n) is 5.89. The standard InChI is InChI=1S/C28H39F3N2SSi/c1-17(2)35(18(3)4,19(5)6)23-16-15-22(34-23)24-26(7,8)27(9,10)25(33-24)32-21-13-11-20(12-14-21)28(29,30)31/h11-19H,1-10H3. The fraction of sp³-hybridized carbons (Fsp3) is 0.571. The van der Waals surface area contributed by atoms with E-state index < -0.39 is 19.8 Å². The second-order valence-electron chi connectivity index (χ2n) is 11.8. The Morgan fingerprint density at radius 1 is 0.800 bits per heavy atom. The fourth-order valence-corrected chi connectivity index (χ4v) is 16.0. The summed E-state index contributed by atoms with van der Waals surface area (Å²) in [6.45, 7) is 22.9. The molecule has 0 bridgehead atoms. The van der Waals surface area contributed by atoms with Crippen LogP contribution >= 0.6 is 11.3 Å². The minimum absolute atomic E-state index is 0.280. The molecular weight excluding hydrogens is 481 g/mol. The van der Waals surface area contributed by atoms with Crippen LogP contribution in [0.1, 0.15) is 79.7 Å². The van der Waals surface area contributed by atoms with E-state index in [0.717, 1.165) is 17.8 Å². The number of hydrogen-bond donors (Lipinski definition) is 0. The van der Waals surface area contributed by atoms with E-state index in [1.165, 1.54) is 21.5 Å². The van der Waals surface area contributed by atoms with Gasteiger partial charge >= 0.3 is 6.18 Å². The normalized spacial score (nSPS) is 19.3. The first-order chi connectivity index (χ1) is 16.0. The summed E-state index contributed by atoms with van der Waals surface area (Å²) in [4.78, 5) is 10.9. The zero-order valence-corrected chi connectivity index (χ0v) is 24.4. The van der Waals surface area contributed by atoms with Crippen molar-refractivity contribution in [1.29, 1.82) is 0 Å². The SMILES string of the molecule is CC(C)[Si](c1ccc(C2=NC(=Nc3ccc(C(F)(F)F)cc3)C(C)(C)C2(C)C)s1)(C(C)C)C(C)C. The Morgan fingerprint density at radius 3 is 1.77 bits per heavy atom. The Morgan fingerprint density at radius 2 is 1.31 bits per heavy atom. The highest BCUT2D eigenvalue weighted by atomic mass is 32.1. The van der Waals surface area contributed by atoms with Gasteiger partial charge in [0.2, 0.25) is 0 Å². The molecule has 0 amide bonds. The summed E-state index contributed by atoms with van der Waals surface area (Å²) in [5.74, 6) is 0.660. The number of aliphatic imine (C=N–C) groups is 2. The Labute approximate surface area is 213 Å². The minimum Gasteiger partial charge on any atom is -0.235 e. The average molecular weight is 521 g/mol. The van der Waals surface area contributed by atoms with Crippen LogP contribution in [0, 0.1) is 10.8 Å². The van der Waals surface area contributed by atoms with Crippen molar-refractivity contribution in [2.75, 3.05) is 0 Å². The molecule has 3 rings (SSSR count). The highest BCUT2D eigenvalue weighted by molar-refractivity contribution is 7.29. The van der Waals surface area contributed by atoms with Gasteiger partial charge in [-0.25, -0.2) is 9.98 Å². The van der Waals surface area contributed by atoms with Crippen molar-refractivity contribution in [2.45, 2.75) is 92.0 Å². The third-order valence-electron chi connectivity index (χ3n) is 8.49. The summed E-state index contributed by atoms with van der Waals surface area (Å²) in [7, 11) is -1.77. The minimum atomic E-state index is -4.36. The summed E-state index contributed by atoms with van der Waals surface area (Å²) in [5.41, 5.74) is 2.05. The van der Waals surface area contributed by atoms with Crippen molar-refractivity contribution in [2.24, 2.45) is 20.8 Å². The van der Waals surface area contributed by atoms with Crippen molar-refractivity contribution in [1.82, 2.24) is 0 Å². The molecule has 2 heterocycles. The largest absolute Gasteiger partial charge is 0.416 e. The van der Waals surface area contributed by atoms with Crippen LogP contribution in [0.2, 0.25) is 16.6 Å². The Hall–Kier alpha value is -1.73. The summed E-state index contributed by atoms with van der Waals surface area (Å²) in [6.07, 6.45) is -4.36. The number of rotatable bonds is 6. The molecule has 0 fully saturated rings. The lowest BCUT2D eigenvalue weighted by atomic mass is 9.66. The van der Waals surface area contributed by atoms with Gasteiger partial charge in [-0.1, -0.05) is 75.3 Å². The van der Waals surface area contributed by atoms with Crippen LogP contribution in [-0.4, -0.2) is 19.6 Å². The van der Waals surface area contributed by atoms with Gasteiger partial charge in [0.1, 0.15) is 13.9 Å². The van der Waals surface area contributed by atoms with Crippen LogP contribution in [0.3, 0.4) is 0 Å². The molecule has 1 aliphatic heterocycles. The number of alkyl halides is 3. The molecule has 0 aliphatic carbocycles. The highest BCUT2D eigenvalue weighted by Crippen LogP contribution is 2.50. The van der Waals surface area contributed by atoms with Gasteiger partial charge in [-0.15, -0.1) is 11.3 Å². The van der Waals surface area contributed by atoms with Gasteiger partial charge in [0.25, 0.3) is 0 Å². The first-order valence-electron chi connectivity index (χ1n) is 12.4. The molecular formula is C28H39F3N2SSi. The van der Waals surface area contributed by atoms with Crippen LogP contribution in [0.5, 0.6) is 0 Å². The van der Waals surface area contributed by atoms with Crippen LogP contribution in [0.4, 0.5) is 18.9 Å². The van der Waals surface area contributed by atoms with E-state index in [9.17, 15) is 13.2 Å². The second-order valence-corrected chi connectivity index (χ2v) is 19.1. The molecule has 0 saturated heterocycles. The predicted octanol–water partition coefficient (Wildman–Crippen LogP) is 9.24. The molecule has 2 nitrogen and oxygen atoms in total. The summed E-state index contributed by atoms with van der Waals surface area (Å²) in [6, 6.07) is 9.57. The number of halogens is 3. The van der Waals surface area contributed by atoms with Gasteiger partial charge < -0.3 is 0 Å². The molecule has 192 valence electrons. The third kappa shape index (κ3) is 4.59. The van der Waals surface area contributed by atoms with Crippen molar-refractivity contribution < 1.29 is 13.2 Å². The summed E-state index contributed by atoms with van der Waals surface area (Å²) < 4.78 is 40.4. The monoisotopic (exact) mass is 520 g/mol. The van der Waals surface area contributed by atoms with Gasteiger partial charge in [-0.05, 0) is 51.5 Å². The average Bonchev–Trinajstić information content (AvgIpc) is 3.24. The maximum Gasteiger partial charge on any atom is 0.416 e. The lowest BCUT2D eigenvalue weighted by Crippen LogP contribution is -2.54. The van der Waals surface area contributed by atoms with Gasteiger partial charge in [-0.3, -0.25) is 0 Å². The van der Waals surface area contributed by atoms with E-state index in [0.29, 0.717) is 28.1 Å². The Bertz CT molecular complexity index is 1100. The molecule has 0 spiro atoms. The first-order valence-corrected chi connectivity index (χ1v) is 15.5. The smallest absolute Gasteiger partial charge is 0.235 e. The van der Waals surface area contributed by atoms with Crippen LogP contribution in [-0.2, 0) is 6.18 Å².